The van der Waals surface area contributed by atoms with E-state index in [0.717, 1.165) is 12.1 Å². The Labute approximate surface area is 199 Å². The third-order valence-electron chi connectivity index (χ3n) is 6.32. The summed E-state index contributed by atoms with van der Waals surface area (Å²) in [7, 11) is -2.05. The van der Waals surface area contributed by atoms with Gasteiger partial charge in [-0.3, -0.25) is 9.59 Å². The number of hydrogen-bond acceptors (Lipinski definition) is 4. The average Bonchev–Trinajstić information content (AvgIpc) is 3.21. The molecular weight excluding hydrogens is 464 g/mol. The van der Waals surface area contributed by atoms with E-state index in [1.807, 2.05) is 0 Å². The Hall–Kier alpha value is -2.85. The first-order valence-electron chi connectivity index (χ1n) is 11.1. The quantitative estimate of drug-likeness (QED) is 0.563. The van der Waals surface area contributed by atoms with Crippen molar-refractivity contribution in [1.82, 2.24) is 9.21 Å². The van der Waals surface area contributed by atoms with Crippen molar-refractivity contribution in [2.24, 2.45) is 5.92 Å². The van der Waals surface area contributed by atoms with E-state index in [1.54, 1.807) is 40.0 Å². The number of benzene rings is 2. The van der Waals surface area contributed by atoms with E-state index in [9.17, 15) is 26.8 Å². The third-order valence-corrected chi connectivity index (χ3v) is 8.38. The molecule has 0 N–H and O–H groups in total. The van der Waals surface area contributed by atoms with Crippen molar-refractivity contribution >= 4 is 27.5 Å². The van der Waals surface area contributed by atoms with Crippen molar-refractivity contribution in [2.75, 3.05) is 31.6 Å². The van der Waals surface area contributed by atoms with E-state index in [0.29, 0.717) is 24.3 Å². The van der Waals surface area contributed by atoms with Crippen LogP contribution in [-0.4, -0.2) is 56.1 Å². The molecule has 1 aliphatic rings. The molecule has 34 heavy (non-hydrogen) atoms. The minimum Gasteiger partial charge on any atom is -0.339 e. The highest BCUT2D eigenvalue weighted by molar-refractivity contribution is 7.89. The van der Waals surface area contributed by atoms with E-state index >= 15 is 0 Å². The second-order valence-corrected chi connectivity index (χ2v) is 10.2. The van der Waals surface area contributed by atoms with Crippen LogP contribution < -0.4 is 4.90 Å². The molecule has 1 aliphatic heterocycles. The second-order valence-electron chi connectivity index (χ2n) is 8.29. The summed E-state index contributed by atoms with van der Waals surface area (Å²) in [5.74, 6) is -3.08. The second kappa shape index (κ2) is 10.2. The van der Waals surface area contributed by atoms with Crippen molar-refractivity contribution in [3.8, 4) is 0 Å². The van der Waals surface area contributed by atoms with Crippen molar-refractivity contribution < 1.29 is 26.8 Å². The number of carbonyl (C=O) groups excluding carboxylic acids is 2. The van der Waals surface area contributed by atoms with Gasteiger partial charge in [-0.15, -0.1) is 0 Å². The highest BCUT2D eigenvalue weighted by Gasteiger charge is 2.37. The number of halogens is 2. The highest BCUT2D eigenvalue weighted by atomic mass is 32.2. The lowest BCUT2D eigenvalue weighted by atomic mass is 10.0. The highest BCUT2D eigenvalue weighted by Crippen LogP contribution is 2.30. The van der Waals surface area contributed by atoms with Crippen molar-refractivity contribution in [3.63, 3.8) is 0 Å². The van der Waals surface area contributed by atoms with Crippen molar-refractivity contribution in [2.45, 2.75) is 38.1 Å². The largest absolute Gasteiger partial charge is 0.339 e. The van der Waals surface area contributed by atoms with Gasteiger partial charge in [0, 0.05) is 38.8 Å². The molecule has 184 valence electrons. The van der Waals surface area contributed by atoms with Gasteiger partial charge in [-0.25, -0.2) is 17.2 Å². The number of rotatable bonds is 8. The maximum Gasteiger partial charge on any atom is 0.243 e. The molecule has 0 aliphatic carbocycles. The third kappa shape index (κ3) is 4.97. The van der Waals surface area contributed by atoms with E-state index in [1.165, 1.54) is 32.3 Å². The molecule has 3 rings (SSSR count). The molecule has 7 nitrogen and oxygen atoms in total. The maximum absolute atomic E-state index is 13.6. The molecule has 0 spiro atoms. The summed E-state index contributed by atoms with van der Waals surface area (Å²) in [4.78, 5) is 28.7. The lowest BCUT2D eigenvalue weighted by Crippen LogP contribution is -2.36. The summed E-state index contributed by atoms with van der Waals surface area (Å²) >= 11 is 0. The molecule has 10 heteroatoms. The monoisotopic (exact) mass is 493 g/mol. The lowest BCUT2D eigenvalue weighted by Gasteiger charge is -2.28. The smallest absolute Gasteiger partial charge is 0.243 e. The summed E-state index contributed by atoms with van der Waals surface area (Å²) in [6.07, 6.45) is 0.00711. The summed E-state index contributed by atoms with van der Waals surface area (Å²) in [6.45, 7) is 6.08. The zero-order valence-corrected chi connectivity index (χ0v) is 20.5. The summed E-state index contributed by atoms with van der Waals surface area (Å²) in [6, 6.07) is 9.03. The molecule has 0 saturated carbocycles. The molecule has 0 radical (unpaired) electrons. The van der Waals surface area contributed by atoms with Crippen LogP contribution in [0.15, 0.2) is 47.4 Å². The molecule has 1 fully saturated rings. The standard InChI is InChI=1S/C24H29F2N3O4S/c1-5-28(6-2)34(32,33)20-10-8-19(9-11-20)29-15-18(14-23(29)30)24(31)27(4)16(3)17-7-12-21(25)22(26)13-17/h7-13,16,18H,5-6,14-15H2,1-4H3/t16-,18+/m0/s1. The van der Waals surface area contributed by atoms with Crippen LogP contribution in [0.5, 0.6) is 0 Å². The van der Waals surface area contributed by atoms with Gasteiger partial charge in [0.25, 0.3) is 0 Å². The van der Waals surface area contributed by atoms with Crippen LogP contribution in [0.25, 0.3) is 0 Å². The van der Waals surface area contributed by atoms with Gasteiger partial charge in [-0.05, 0) is 48.9 Å². The Morgan fingerprint density at radius 1 is 1.09 bits per heavy atom. The Morgan fingerprint density at radius 3 is 2.26 bits per heavy atom. The van der Waals surface area contributed by atoms with Crippen LogP contribution in [0.1, 0.15) is 38.8 Å². The Morgan fingerprint density at radius 2 is 1.71 bits per heavy atom. The fraction of sp³-hybridized carbons (Fsp3) is 0.417. The normalized spacial score (nSPS) is 17.3. The predicted molar refractivity (Wildman–Crippen MR) is 125 cm³/mol. The molecule has 0 unspecified atom stereocenters. The molecule has 1 heterocycles. The number of carbonyl (C=O) groups is 2. The van der Waals surface area contributed by atoms with Gasteiger partial charge in [-0.1, -0.05) is 19.9 Å². The lowest BCUT2D eigenvalue weighted by molar-refractivity contribution is -0.136. The summed E-state index contributed by atoms with van der Waals surface area (Å²) in [5, 5.41) is 0. The van der Waals surface area contributed by atoms with Gasteiger partial charge < -0.3 is 9.80 Å². The van der Waals surface area contributed by atoms with E-state index in [4.69, 9.17) is 0 Å². The molecular formula is C24H29F2N3O4S. The zero-order chi connectivity index (χ0) is 25.2. The van der Waals surface area contributed by atoms with Crippen molar-refractivity contribution in [1.29, 1.82) is 0 Å². The number of sulfonamides is 1. The minimum atomic E-state index is -3.61. The van der Waals surface area contributed by atoms with Crippen LogP contribution in [-0.2, 0) is 19.6 Å². The van der Waals surface area contributed by atoms with Gasteiger partial charge in [0.05, 0.1) is 16.9 Å². The molecule has 1 saturated heterocycles. The van der Waals surface area contributed by atoms with Gasteiger partial charge in [0.2, 0.25) is 21.8 Å². The maximum atomic E-state index is 13.6. The Balaban J connectivity index is 1.73. The van der Waals surface area contributed by atoms with E-state index in [2.05, 4.69) is 0 Å². The number of amides is 2. The summed E-state index contributed by atoms with van der Waals surface area (Å²) < 4.78 is 53.6. The van der Waals surface area contributed by atoms with Crippen LogP contribution in [0.3, 0.4) is 0 Å². The van der Waals surface area contributed by atoms with Gasteiger partial charge in [0.15, 0.2) is 11.6 Å². The van der Waals surface area contributed by atoms with Gasteiger partial charge in [-0.2, -0.15) is 4.31 Å². The fourth-order valence-electron chi connectivity index (χ4n) is 4.11. The average molecular weight is 494 g/mol. The van der Waals surface area contributed by atoms with Crippen LogP contribution in [0, 0.1) is 17.6 Å². The first-order valence-corrected chi connectivity index (χ1v) is 12.6. The van der Waals surface area contributed by atoms with Gasteiger partial charge in [0.1, 0.15) is 0 Å². The van der Waals surface area contributed by atoms with Gasteiger partial charge >= 0.3 is 0 Å². The van der Waals surface area contributed by atoms with Crippen LogP contribution in [0.2, 0.25) is 0 Å². The first-order chi connectivity index (χ1) is 16.0. The van der Waals surface area contributed by atoms with E-state index < -0.39 is 33.6 Å². The SMILES string of the molecule is CCN(CC)S(=O)(=O)c1ccc(N2C[C@H](C(=O)N(C)[C@@H](C)c3ccc(F)c(F)c3)CC2=O)cc1. The number of anilines is 1. The molecule has 2 aromatic rings. The van der Waals surface area contributed by atoms with E-state index in [-0.39, 0.29) is 29.7 Å². The minimum absolute atomic E-state index is 0.00711. The van der Waals surface area contributed by atoms with Crippen LogP contribution in [0.4, 0.5) is 14.5 Å². The predicted octanol–water partition coefficient (Wildman–Crippen LogP) is 3.57. The molecule has 0 bridgehead atoms. The zero-order valence-electron chi connectivity index (χ0n) is 19.7. The Kier molecular flexibility index (Phi) is 7.72. The molecule has 2 atom stereocenters. The molecule has 2 amide bonds. The summed E-state index contributed by atoms with van der Waals surface area (Å²) in [5.41, 5.74) is 0.955. The fourth-order valence-corrected chi connectivity index (χ4v) is 5.57. The topological polar surface area (TPSA) is 78.0 Å². The number of hydrogen-bond donors (Lipinski definition) is 0. The molecule has 0 aromatic heterocycles. The first kappa shape index (κ1) is 25.8. The number of nitrogens with zero attached hydrogens (tertiary/aromatic N) is 3. The molecule has 2 aromatic carbocycles. The Bertz CT molecular complexity index is 1170. The van der Waals surface area contributed by atoms with Crippen molar-refractivity contribution in [3.05, 3.63) is 59.7 Å². The van der Waals surface area contributed by atoms with Crippen LogP contribution >= 0.6 is 0 Å².